The van der Waals surface area contributed by atoms with Gasteiger partial charge in [-0.25, -0.2) is 4.79 Å². The highest BCUT2D eigenvalue weighted by Gasteiger charge is 2.43. The lowest BCUT2D eigenvalue weighted by molar-refractivity contribution is -0.162. The molecule has 0 saturated carbocycles. The zero-order valence-electron chi connectivity index (χ0n) is 16.6. The van der Waals surface area contributed by atoms with Crippen LogP contribution in [-0.4, -0.2) is 52.6 Å². The highest BCUT2D eigenvalue weighted by molar-refractivity contribution is 5.78. The van der Waals surface area contributed by atoms with E-state index in [-0.39, 0.29) is 13.0 Å². The van der Waals surface area contributed by atoms with Gasteiger partial charge < -0.3 is 25.4 Å². The minimum Gasteiger partial charge on any atom is -0.493 e. The SMILES string of the molecule is N[C@H]1COCCCCCCCCCCCOc2ccnc(c2)C[C@]1(O)C(=O)O. The van der Waals surface area contributed by atoms with Crippen molar-refractivity contribution < 1.29 is 24.5 Å². The standard InChI is InChI=1S/C21H34N2O5/c22-19-16-27-12-8-6-4-2-1-3-5-7-9-13-28-18-10-11-23-17(14-18)15-21(19,26)20(24)25/h10-11,14,19,26H,1-9,12-13,15-16,22H2,(H,24,25)/t19-,21+/m0/s1. The molecule has 0 fully saturated rings. The molecule has 28 heavy (non-hydrogen) atoms. The maximum absolute atomic E-state index is 11.7. The van der Waals surface area contributed by atoms with E-state index in [0.29, 0.717) is 24.7 Å². The normalized spacial score (nSPS) is 26.7. The molecule has 0 unspecified atom stereocenters. The summed E-state index contributed by atoms with van der Waals surface area (Å²) in [6, 6.07) is 2.35. The Kier molecular flexibility index (Phi) is 9.67. The van der Waals surface area contributed by atoms with Gasteiger partial charge in [-0.3, -0.25) is 4.98 Å². The first-order chi connectivity index (χ1) is 13.5. The Morgan fingerprint density at radius 2 is 1.68 bits per heavy atom. The zero-order chi connectivity index (χ0) is 20.2. The highest BCUT2D eigenvalue weighted by atomic mass is 16.5. The molecule has 2 rings (SSSR count). The molecule has 7 nitrogen and oxygen atoms in total. The number of hydrogen-bond acceptors (Lipinski definition) is 6. The smallest absolute Gasteiger partial charge is 0.337 e. The molecule has 1 aliphatic rings. The quantitative estimate of drug-likeness (QED) is 0.671. The average molecular weight is 395 g/mol. The van der Waals surface area contributed by atoms with Gasteiger partial charge in [0.05, 0.1) is 19.3 Å². The fraction of sp³-hybridized carbons (Fsp3) is 0.714. The van der Waals surface area contributed by atoms with E-state index in [1.54, 1.807) is 18.3 Å². The van der Waals surface area contributed by atoms with E-state index in [9.17, 15) is 15.0 Å². The van der Waals surface area contributed by atoms with E-state index < -0.39 is 17.6 Å². The summed E-state index contributed by atoms with van der Waals surface area (Å²) in [4.78, 5) is 15.9. The molecule has 4 N–H and O–H groups in total. The van der Waals surface area contributed by atoms with Crippen molar-refractivity contribution in [1.29, 1.82) is 0 Å². The Hall–Kier alpha value is -1.70. The summed E-state index contributed by atoms with van der Waals surface area (Å²) in [5.74, 6) is -0.754. The molecule has 158 valence electrons. The van der Waals surface area contributed by atoms with Crippen molar-refractivity contribution in [3.05, 3.63) is 24.0 Å². The minimum absolute atomic E-state index is 0.0149. The van der Waals surface area contributed by atoms with Gasteiger partial charge in [-0.2, -0.15) is 0 Å². The Morgan fingerprint density at radius 3 is 2.32 bits per heavy atom. The van der Waals surface area contributed by atoms with Crippen LogP contribution >= 0.6 is 0 Å². The maximum atomic E-state index is 11.7. The molecule has 7 heteroatoms. The number of carboxylic acids is 1. The van der Waals surface area contributed by atoms with Crippen molar-refractivity contribution in [3.63, 3.8) is 0 Å². The predicted octanol–water partition coefficient (Wildman–Crippen LogP) is 2.69. The Balaban J connectivity index is 2.05. The van der Waals surface area contributed by atoms with Gasteiger partial charge in [0.2, 0.25) is 0 Å². The van der Waals surface area contributed by atoms with Gasteiger partial charge in [0.15, 0.2) is 5.60 Å². The van der Waals surface area contributed by atoms with Gasteiger partial charge >= 0.3 is 5.97 Å². The van der Waals surface area contributed by atoms with Gasteiger partial charge in [0.25, 0.3) is 0 Å². The van der Waals surface area contributed by atoms with Gasteiger partial charge in [-0.1, -0.05) is 44.9 Å². The van der Waals surface area contributed by atoms with Gasteiger partial charge in [0, 0.05) is 31.0 Å². The zero-order valence-corrected chi connectivity index (χ0v) is 16.6. The first-order valence-corrected chi connectivity index (χ1v) is 10.4. The van der Waals surface area contributed by atoms with Crippen molar-refractivity contribution in [2.45, 2.75) is 75.9 Å². The van der Waals surface area contributed by atoms with Crippen LogP contribution in [0.4, 0.5) is 0 Å². The molecule has 0 aliphatic carbocycles. The van der Waals surface area contributed by atoms with E-state index in [0.717, 1.165) is 25.7 Å². The summed E-state index contributed by atoms with van der Waals surface area (Å²) in [6.45, 7) is 1.12. The number of carbonyl (C=O) groups is 1. The molecular weight excluding hydrogens is 360 g/mol. The van der Waals surface area contributed by atoms with Crippen LogP contribution < -0.4 is 10.5 Å². The second kappa shape index (κ2) is 12.0. The number of rotatable bonds is 1. The number of nitrogens with two attached hydrogens (primary N) is 1. The molecular formula is C21H34N2O5. The first-order valence-electron chi connectivity index (χ1n) is 10.4. The number of aromatic nitrogens is 1. The minimum atomic E-state index is -2.15. The lowest BCUT2D eigenvalue weighted by Gasteiger charge is -2.29. The molecule has 1 aliphatic heterocycles. The molecule has 2 bridgehead atoms. The summed E-state index contributed by atoms with van der Waals surface area (Å²) in [5.41, 5.74) is 4.27. The fourth-order valence-electron chi connectivity index (χ4n) is 3.37. The van der Waals surface area contributed by atoms with E-state index in [1.165, 1.54) is 32.1 Å². The number of carboxylic acid groups (broad SMARTS) is 1. The van der Waals surface area contributed by atoms with Crippen LogP contribution in [0.1, 0.15) is 63.5 Å². The molecule has 0 spiro atoms. The Bertz CT molecular complexity index is 598. The summed E-state index contributed by atoms with van der Waals surface area (Å²) in [6.07, 6.45) is 11.6. The molecule has 0 amide bonds. The van der Waals surface area contributed by atoms with Crippen molar-refractivity contribution >= 4 is 5.97 Å². The van der Waals surface area contributed by atoms with Crippen molar-refractivity contribution in [2.24, 2.45) is 5.73 Å². The third-order valence-corrected chi connectivity index (χ3v) is 5.22. The van der Waals surface area contributed by atoms with E-state index in [4.69, 9.17) is 15.2 Å². The molecule has 0 saturated heterocycles. The van der Waals surface area contributed by atoms with E-state index >= 15 is 0 Å². The summed E-state index contributed by atoms with van der Waals surface area (Å²) < 4.78 is 11.3. The molecule has 1 aromatic heterocycles. The summed E-state index contributed by atoms with van der Waals surface area (Å²) in [7, 11) is 0. The van der Waals surface area contributed by atoms with E-state index in [2.05, 4.69) is 4.98 Å². The van der Waals surface area contributed by atoms with Crippen molar-refractivity contribution in [2.75, 3.05) is 19.8 Å². The van der Waals surface area contributed by atoms with E-state index in [1.807, 2.05) is 0 Å². The number of pyridine rings is 1. The topological polar surface area (TPSA) is 115 Å². The number of hydrogen-bond donors (Lipinski definition) is 3. The molecule has 2 heterocycles. The van der Waals surface area contributed by atoms with Crippen LogP contribution in [0, 0.1) is 0 Å². The number of nitrogens with zero attached hydrogens (tertiary/aromatic N) is 1. The first kappa shape index (κ1) is 22.6. The van der Waals surface area contributed by atoms with Crippen LogP contribution in [0.25, 0.3) is 0 Å². The van der Waals surface area contributed by atoms with Crippen LogP contribution in [0.2, 0.25) is 0 Å². The molecule has 1 aromatic rings. The van der Waals surface area contributed by atoms with Crippen molar-refractivity contribution in [3.8, 4) is 5.75 Å². The number of aliphatic hydroxyl groups is 1. The Labute approximate surface area is 167 Å². The summed E-state index contributed by atoms with van der Waals surface area (Å²) >= 11 is 0. The van der Waals surface area contributed by atoms with Crippen LogP contribution in [-0.2, 0) is 16.0 Å². The molecule has 0 radical (unpaired) electrons. The average Bonchev–Trinajstić information content (AvgIpc) is 2.67. The largest absolute Gasteiger partial charge is 0.493 e. The number of aliphatic carboxylic acids is 1. The van der Waals surface area contributed by atoms with Gasteiger partial charge in [0.1, 0.15) is 5.75 Å². The molecule has 0 aromatic carbocycles. The highest BCUT2D eigenvalue weighted by Crippen LogP contribution is 2.20. The second-order valence-electron chi connectivity index (χ2n) is 7.60. The van der Waals surface area contributed by atoms with Crippen LogP contribution in [0.5, 0.6) is 5.75 Å². The maximum Gasteiger partial charge on any atom is 0.337 e. The third-order valence-electron chi connectivity index (χ3n) is 5.22. The number of ether oxygens (including phenoxy) is 2. The van der Waals surface area contributed by atoms with Crippen molar-refractivity contribution in [1.82, 2.24) is 4.98 Å². The number of fused-ring (bicyclic) bond motifs is 2. The van der Waals surface area contributed by atoms with Crippen LogP contribution in [0.3, 0.4) is 0 Å². The van der Waals surface area contributed by atoms with Gasteiger partial charge in [-0.15, -0.1) is 0 Å². The van der Waals surface area contributed by atoms with Crippen LogP contribution in [0.15, 0.2) is 18.3 Å². The second-order valence-corrected chi connectivity index (χ2v) is 7.60. The Morgan fingerprint density at radius 1 is 1.07 bits per heavy atom. The third kappa shape index (κ3) is 7.37. The predicted molar refractivity (Wildman–Crippen MR) is 106 cm³/mol. The summed E-state index contributed by atoms with van der Waals surface area (Å²) in [5, 5.41) is 20.3. The van der Waals surface area contributed by atoms with Gasteiger partial charge in [-0.05, 0) is 18.9 Å². The monoisotopic (exact) mass is 394 g/mol. The lowest BCUT2D eigenvalue weighted by atomic mass is 9.89. The lowest BCUT2D eigenvalue weighted by Crippen LogP contribution is -2.57. The molecule has 2 atom stereocenters. The fourth-order valence-corrected chi connectivity index (χ4v) is 3.37.